The highest BCUT2D eigenvalue weighted by Crippen LogP contribution is 2.27. The Morgan fingerprint density at radius 2 is 1.81 bits per heavy atom. The summed E-state index contributed by atoms with van der Waals surface area (Å²) >= 11 is 0. The smallest absolute Gasteiger partial charge is 0.240 e. The fraction of sp³-hybridized carbons (Fsp3) is 0.350. The largest absolute Gasteiger partial charge is 0.497 e. The minimum atomic E-state index is -3.59. The summed E-state index contributed by atoms with van der Waals surface area (Å²) in [5.74, 6) is 0.652. The number of carbonyl (C=O) groups excluding carboxylic acids is 1. The van der Waals surface area contributed by atoms with Gasteiger partial charge in [-0.25, -0.2) is 13.1 Å². The molecule has 7 heteroatoms. The Hall–Kier alpha value is -2.38. The number of hydrogen-bond donors (Lipinski definition) is 1. The van der Waals surface area contributed by atoms with E-state index >= 15 is 0 Å². The van der Waals surface area contributed by atoms with Gasteiger partial charge in [0.2, 0.25) is 15.9 Å². The van der Waals surface area contributed by atoms with Gasteiger partial charge in [-0.05, 0) is 67.3 Å². The van der Waals surface area contributed by atoms with Crippen molar-refractivity contribution >= 4 is 21.6 Å². The van der Waals surface area contributed by atoms with Crippen LogP contribution in [0.15, 0.2) is 47.4 Å². The Morgan fingerprint density at radius 1 is 1.11 bits per heavy atom. The Bertz CT molecular complexity index is 939. The highest BCUT2D eigenvalue weighted by atomic mass is 32.2. The van der Waals surface area contributed by atoms with Crippen LogP contribution in [0.2, 0.25) is 0 Å². The summed E-state index contributed by atoms with van der Waals surface area (Å²) in [4.78, 5) is 14.3. The van der Waals surface area contributed by atoms with Crippen LogP contribution >= 0.6 is 0 Å². The van der Waals surface area contributed by atoms with Crippen LogP contribution in [0.4, 0.5) is 5.69 Å². The number of amides is 1. The lowest BCUT2D eigenvalue weighted by atomic mass is 10.1. The first-order chi connectivity index (χ1) is 12.8. The van der Waals surface area contributed by atoms with Crippen molar-refractivity contribution in [3.8, 4) is 5.75 Å². The molecule has 0 aliphatic carbocycles. The molecular formula is C20H24N2O4S. The van der Waals surface area contributed by atoms with E-state index < -0.39 is 10.0 Å². The molecule has 0 bridgehead atoms. The van der Waals surface area contributed by atoms with Gasteiger partial charge in [0.15, 0.2) is 0 Å². The number of rotatable bonds is 6. The van der Waals surface area contributed by atoms with Crippen molar-refractivity contribution in [1.29, 1.82) is 0 Å². The molecule has 1 atom stereocenters. The number of aryl methyl sites for hydroxylation is 2. The van der Waals surface area contributed by atoms with E-state index in [9.17, 15) is 13.2 Å². The van der Waals surface area contributed by atoms with Crippen molar-refractivity contribution in [1.82, 2.24) is 4.72 Å². The molecule has 2 aromatic carbocycles. The van der Waals surface area contributed by atoms with Crippen molar-refractivity contribution < 1.29 is 17.9 Å². The zero-order chi connectivity index (χ0) is 19.6. The maximum Gasteiger partial charge on any atom is 0.240 e. The molecule has 0 radical (unpaired) electrons. The third-order valence-corrected chi connectivity index (χ3v) is 6.36. The average Bonchev–Trinajstić information content (AvgIpc) is 3.03. The number of ether oxygens (including phenoxy) is 1. The molecule has 1 heterocycles. The molecular weight excluding hydrogens is 364 g/mol. The van der Waals surface area contributed by atoms with E-state index in [4.69, 9.17) is 4.74 Å². The van der Waals surface area contributed by atoms with Gasteiger partial charge in [-0.2, -0.15) is 0 Å². The molecule has 1 aliphatic rings. The van der Waals surface area contributed by atoms with Gasteiger partial charge in [-0.1, -0.05) is 6.07 Å². The zero-order valence-corrected chi connectivity index (χ0v) is 16.5. The third kappa shape index (κ3) is 4.31. The van der Waals surface area contributed by atoms with Crippen molar-refractivity contribution in [2.75, 3.05) is 25.1 Å². The van der Waals surface area contributed by atoms with Crippen molar-refractivity contribution in [3.63, 3.8) is 0 Å². The Labute approximate surface area is 160 Å². The lowest BCUT2D eigenvalue weighted by Gasteiger charge is -2.17. The van der Waals surface area contributed by atoms with Crippen molar-refractivity contribution in [3.05, 3.63) is 53.6 Å². The van der Waals surface area contributed by atoms with E-state index in [1.807, 2.05) is 26.0 Å². The molecule has 1 N–H and O–H groups in total. The molecule has 144 valence electrons. The molecule has 6 nitrogen and oxygen atoms in total. The normalized spacial score (nSPS) is 17.4. The fourth-order valence-corrected chi connectivity index (χ4v) is 4.32. The first-order valence-corrected chi connectivity index (χ1v) is 10.3. The number of sulfonamides is 1. The molecule has 1 aliphatic heterocycles. The highest BCUT2D eigenvalue weighted by Gasteiger charge is 2.31. The lowest BCUT2D eigenvalue weighted by molar-refractivity contribution is -0.117. The van der Waals surface area contributed by atoms with E-state index in [-0.39, 0.29) is 23.3 Å². The SMILES string of the molecule is COc1ccc(N2C[C@@H](CNS(=O)(=O)c3ccc(C)c(C)c3)CC2=O)cc1. The summed E-state index contributed by atoms with van der Waals surface area (Å²) < 4.78 is 32.8. The quantitative estimate of drug-likeness (QED) is 0.825. The second kappa shape index (κ2) is 7.70. The number of benzene rings is 2. The number of carbonyl (C=O) groups is 1. The molecule has 1 amide bonds. The Kier molecular flexibility index (Phi) is 5.53. The van der Waals surface area contributed by atoms with Gasteiger partial charge >= 0.3 is 0 Å². The summed E-state index contributed by atoms with van der Waals surface area (Å²) in [6.07, 6.45) is 0.321. The summed E-state index contributed by atoms with van der Waals surface area (Å²) in [6, 6.07) is 12.3. The summed E-state index contributed by atoms with van der Waals surface area (Å²) in [5.41, 5.74) is 2.77. The van der Waals surface area contributed by atoms with Crippen LogP contribution in [0.3, 0.4) is 0 Å². The monoisotopic (exact) mass is 388 g/mol. The number of methoxy groups -OCH3 is 1. The summed E-state index contributed by atoms with van der Waals surface area (Å²) in [7, 11) is -2.00. The van der Waals surface area contributed by atoms with E-state index in [0.29, 0.717) is 13.0 Å². The Morgan fingerprint density at radius 3 is 2.44 bits per heavy atom. The molecule has 3 rings (SSSR count). The standard InChI is InChI=1S/C20H24N2O4S/c1-14-4-9-19(10-15(14)2)27(24,25)21-12-16-11-20(23)22(13-16)17-5-7-18(26-3)8-6-17/h4-10,16,21H,11-13H2,1-3H3/t16-/m1/s1. The van der Waals surface area contributed by atoms with E-state index in [2.05, 4.69) is 4.72 Å². The molecule has 0 aromatic heterocycles. The Balaban J connectivity index is 1.64. The van der Waals surface area contributed by atoms with Gasteiger partial charge in [0, 0.05) is 25.2 Å². The summed E-state index contributed by atoms with van der Waals surface area (Å²) in [6.45, 7) is 4.54. The van der Waals surface area contributed by atoms with E-state index in [1.165, 1.54) is 0 Å². The predicted octanol–water partition coefficient (Wildman–Crippen LogP) is 2.64. The van der Waals surface area contributed by atoms with Gasteiger partial charge in [0.1, 0.15) is 5.75 Å². The van der Waals surface area contributed by atoms with Crippen LogP contribution < -0.4 is 14.4 Å². The first kappa shape index (κ1) is 19.4. The van der Waals surface area contributed by atoms with Gasteiger partial charge in [0.05, 0.1) is 12.0 Å². The van der Waals surface area contributed by atoms with Gasteiger partial charge in [-0.3, -0.25) is 4.79 Å². The topological polar surface area (TPSA) is 75.7 Å². The lowest BCUT2D eigenvalue weighted by Crippen LogP contribution is -2.31. The highest BCUT2D eigenvalue weighted by molar-refractivity contribution is 7.89. The van der Waals surface area contributed by atoms with Crippen LogP contribution in [0, 0.1) is 19.8 Å². The number of anilines is 1. The molecule has 27 heavy (non-hydrogen) atoms. The van der Waals surface area contributed by atoms with E-state index in [1.54, 1.807) is 42.3 Å². The molecule has 1 fully saturated rings. The fourth-order valence-electron chi connectivity index (χ4n) is 3.12. The number of hydrogen-bond acceptors (Lipinski definition) is 4. The number of nitrogens with one attached hydrogen (secondary N) is 1. The number of nitrogens with zero attached hydrogens (tertiary/aromatic N) is 1. The molecule has 0 saturated carbocycles. The molecule has 2 aromatic rings. The minimum absolute atomic E-state index is 0.00412. The minimum Gasteiger partial charge on any atom is -0.497 e. The maximum atomic E-state index is 12.5. The van der Waals surface area contributed by atoms with Crippen LogP contribution in [-0.2, 0) is 14.8 Å². The molecule has 1 saturated heterocycles. The van der Waals surface area contributed by atoms with Crippen LogP contribution in [0.1, 0.15) is 17.5 Å². The van der Waals surface area contributed by atoms with Crippen molar-refractivity contribution in [2.45, 2.75) is 25.2 Å². The maximum absolute atomic E-state index is 12.5. The van der Waals surface area contributed by atoms with Gasteiger partial charge < -0.3 is 9.64 Å². The van der Waals surface area contributed by atoms with Crippen LogP contribution in [0.5, 0.6) is 5.75 Å². The van der Waals surface area contributed by atoms with Gasteiger partial charge in [0.25, 0.3) is 0 Å². The molecule has 0 unspecified atom stereocenters. The van der Waals surface area contributed by atoms with Gasteiger partial charge in [-0.15, -0.1) is 0 Å². The van der Waals surface area contributed by atoms with Crippen LogP contribution in [0.25, 0.3) is 0 Å². The van der Waals surface area contributed by atoms with Crippen LogP contribution in [-0.4, -0.2) is 34.5 Å². The second-order valence-electron chi connectivity index (χ2n) is 6.87. The first-order valence-electron chi connectivity index (χ1n) is 8.81. The van der Waals surface area contributed by atoms with Crippen molar-refractivity contribution in [2.24, 2.45) is 5.92 Å². The predicted molar refractivity (Wildman–Crippen MR) is 105 cm³/mol. The van der Waals surface area contributed by atoms with E-state index in [0.717, 1.165) is 22.6 Å². The zero-order valence-electron chi connectivity index (χ0n) is 15.7. The second-order valence-corrected chi connectivity index (χ2v) is 8.64. The summed E-state index contributed by atoms with van der Waals surface area (Å²) in [5, 5.41) is 0. The molecule has 0 spiro atoms. The third-order valence-electron chi connectivity index (χ3n) is 4.94. The average molecular weight is 388 g/mol.